The van der Waals surface area contributed by atoms with E-state index in [9.17, 15) is 15.0 Å². The maximum absolute atomic E-state index is 12.8. The second-order valence-corrected chi connectivity index (χ2v) is 7.00. The number of hydrogen-bond donors (Lipinski definition) is 2. The number of ether oxygens (including phenoxy) is 2. The van der Waals surface area contributed by atoms with Crippen molar-refractivity contribution < 1.29 is 24.5 Å². The van der Waals surface area contributed by atoms with Crippen LogP contribution in [0.3, 0.4) is 0 Å². The van der Waals surface area contributed by atoms with Crippen LogP contribution < -0.4 is 9.80 Å². The van der Waals surface area contributed by atoms with Gasteiger partial charge in [-0.25, -0.2) is 0 Å². The van der Waals surface area contributed by atoms with E-state index in [1.54, 1.807) is 24.3 Å². The highest BCUT2D eigenvalue weighted by Gasteiger charge is 2.13. The number of carbonyl (C=O) groups is 1. The summed E-state index contributed by atoms with van der Waals surface area (Å²) in [5.74, 6) is -0.0675. The van der Waals surface area contributed by atoms with Crippen LogP contribution >= 0.6 is 0 Å². The molecule has 164 valence electrons. The third kappa shape index (κ3) is 6.81. The Morgan fingerprint density at radius 1 is 0.767 bits per heavy atom. The van der Waals surface area contributed by atoms with Crippen LogP contribution in [0, 0.1) is 0 Å². The minimum absolute atomic E-state index is 0.0675. The molecule has 2 N–H and O–H groups in total. The third-order valence-corrected chi connectivity index (χ3v) is 4.72. The molecule has 0 aromatic heterocycles. The summed E-state index contributed by atoms with van der Waals surface area (Å²) < 4.78 is 10.3. The van der Waals surface area contributed by atoms with Crippen LogP contribution in [-0.2, 0) is 9.47 Å². The van der Waals surface area contributed by atoms with Crippen LogP contribution in [0.25, 0.3) is 0 Å². The molecule has 0 heterocycles. The number of rotatable bonds is 12. The lowest BCUT2D eigenvalue weighted by molar-refractivity contribution is -0.0873. The monoisotopic (exact) mass is 416 g/mol. The first kappa shape index (κ1) is 23.8. The van der Waals surface area contributed by atoms with Crippen molar-refractivity contribution in [2.45, 2.75) is 26.4 Å². The Kier molecular flexibility index (Phi) is 9.26. The fourth-order valence-corrected chi connectivity index (χ4v) is 3.07. The standard InChI is InChI=1S/C23H32N2O5/c1-5-29-21(26)15-24(3)19-11-7-17(8-12-19)23(28)18-9-13-20(14-10-18)25(4)16-22(27)30-6-2/h7-14,21-22,26-27H,5-6,15-16H2,1-4H3. The van der Waals surface area contributed by atoms with E-state index in [4.69, 9.17) is 9.47 Å². The zero-order valence-corrected chi connectivity index (χ0v) is 18.1. The van der Waals surface area contributed by atoms with E-state index < -0.39 is 12.6 Å². The van der Waals surface area contributed by atoms with Gasteiger partial charge in [0.05, 0.1) is 13.1 Å². The average molecular weight is 417 g/mol. The predicted octanol–water partition coefficient (Wildman–Crippen LogP) is 2.50. The third-order valence-electron chi connectivity index (χ3n) is 4.72. The van der Waals surface area contributed by atoms with Gasteiger partial charge in [0.25, 0.3) is 0 Å². The Balaban J connectivity index is 2.01. The molecular weight excluding hydrogens is 384 g/mol. The molecule has 0 saturated heterocycles. The quantitative estimate of drug-likeness (QED) is 0.406. The molecule has 0 saturated carbocycles. The van der Waals surface area contributed by atoms with Crippen LogP contribution in [0.2, 0.25) is 0 Å². The lowest BCUT2D eigenvalue weighted by Gasteiger charge is -2.23. The molecule has 0 fully saturated rings. The maximum atomic E-state index is 12.8. The highest BCUT2D eigenvalue weighted by atomic mass is 16.6. The van der Waals surface area contributed by atoms with Crippen molar-refractivity contribution in [3.8, 4) is 0 Å². The van der Waals surface area contributed by atoms with Crippen molar-refractivity contribution in [2.75, 3.05) is 50.2 Å². The van der Waals surface area contributed by atoms with E-state index >= 15 is 0 Å². The number of carbonyl (C=O) groups excluding carboxylic acids is 1. The van der Waals surface area contributed by atoms with Crippen LogP contribution in [0.15, 0.2) is 48.5 Å². The number of likely N-dealkylation sites (N-methyl/N-ethyl adjacent to an activating group) is 2. The fraction of sp³-hybridized carbons (Fsp3) is 0.435. The van der Waals surface area contributed by atoms with E-state index in [1.807, 2.05) is 62.0 Å². The second-order valence-electron chi connectivity index (χ2n) is 7.00. The van der Waals surface area contributed by atoms with Gasteiger partial charge in [-0.3, -0.25) is 4.79 Å². The average Bonchev–Trinajstić information content (AvgIpc) is 2.73. The molecule has 2 rings (SSSR count). The summed E-state index contributed by atoms with van der Waals surface area (Å²) in [7, 11) is 3.72. The molecule has 30 heavy (non-hydrogen) atoms. The van der Waals surface area contributed by atoms with Crippen LogP contribution in [0.5, 0.6) is 0 Å². The minimum Gasteiger partial charge on any atom is -0.370 e. The molecule has 0 aliphatic heterocycles. The largest absolute Gasteiger partial charge is 0.370 e. The van der Waals surface area contributed by atoms with Crippen molar-refractivity contribution in [3.63, 3.8) is 0 Å². The maximum Gasteiger partial charge on any atom is 0.193 e. The molecule has 7 nitrogen and oxygen atoms in total. The summed E-state index contributed by atoms with van der Waals surface area (Å²) in [6, 6.07) is 14.5. The Labute approximate surface area is 178 Å². The smallest absolute Gasteiger partial charge is 0.193 e. The SMILES string of the molecule is CCOC(O)CN(C)c1ccc(C(=O)c2ccc(N(C)CC(O)OCC)cc2)cc1. The number of aliphatic hydroxyl groups excluding tert-OH is 2. The molecule has 0 amide bonds. The van der Waals surface area contributed by atoms with E-state index in [2.05, 4.69) is 0 Å². The molecular formula is C23H32N2O5. The van der Waals surface area contributed by atoms with Crippen molar-refractivity contribution in [2.24, 2.45) is 0 Å². The molecule has 0 aliphatic rings. The molecule has 7 heteroatoms. The van der Waals surface area contributed by atoms with Gasteiger partial charge in [0.15, 0.2) is 18.4 Å². The van der Waals surface area contributed by atoms with Gasteiger partial charge in [-0.1, -0.05) is 0 Å². The summed E-state index contributed by atoms with van der Waals surface area (Å²) >= 11 is 0. The summed E-state index contributed by atoms with van der Waals surface area (Å²) in [6.07, 6.45) is -1.71. The normalized spacial score (nSPS) is 13.0. The van der Waals surface area contributed by atoms with Gasteiger partial charge in [0, 0.05) is 49.8 Å². The van der Waals surface area contributed by atoms with Gasteiger partial charge in [0.1, 0.15) is 0 Å². The van der Waals surface area contributed by atoms with Crippen LogP contribution in [-0.4, -0.2) is 69.0 Å². The number of ketones is 1. The van der Waals surface area contributed by atoms with Crippen molar-refractivity contribution in [3.05, 3.63) is 59.7 Å². The Morgan fingerprint density at radius 3 is 1.40 bits per heavy atom. The van der Waals surface area contributed by atoms with Gasteiger partial charge < -0.3 is 29.5 Å². The fourth-order valence-electron chi connectivity index (χ4n) is 3.07. The second kappa shape index (κ2) is 11.7. The summed E-state index contributed by atoms with van der Waals surface area (Å²) in [5, 5.41) is 19.5. The van der Waals surface area contributed by atoms with Gasteiger partial charge in [0.2, 0.25) is 0 Å². The van der Waals surface area contributed by atoms with Gasteiger partial charge in [-0.2, -0.15) is 0 Å². The number of aliphatic hydroxyl groups is 2. The van der Waals surface area contributed by atoms with Gasteiger partial charge in [-0.15, -0.1) is 0 Å². The summed E-state index contributed by atoms with van der Waals surface area (Å²) in [5.41, 5.74) is 2.95. The van der Waals surface area contributed by atoms with E-state index in [0.717, 1.165) is 11.4 Å². The molecule has 2 atom stereocenters. The zero-order chi connectivity index (χ0) is 22.1. The molecule has 0 aliphatic carbocycles. The van der Waals surface area contributed by atoms with Crippen LogP contribution in [0.1, 0.15) is 29.8 Å². The Bertz CT molecular complexity index is 714. The van der Waals surface area contributed by atoms with Crippen molar-refractivity contribution in [1.82, 2.24) is 0 Å². The first-order valence-corrected chi connectivity index (χ1v) is 10.1. The Hall–Kier alpha value is -2.45. The molecule has 2 aromatic carbocycles. The zero-order valence-electron chi connectivity index (χ0n) is 18.1. The summed E-state index contributed by atoms with van der Waals surface area (Å²) in [4.78, 5) is 16.5. The topological polar surface area (TPSA) is 82.5 Å². The highest BCUT2D eigenvalue weighted by molar-refractivity contribution is 6.09. The lowest BCUT2D eigenvalue weighted by Crippen LogP contribution is -2.30. The van der Waals surface area contributed by atoms with Gasteiger partial charge in [-0.05, 0) is 62.4 Å². The number of hydrogen-bond acceptors (Lipinski definition) is 7. The Morgan fingerprint density at radius 2 is 1.10 bits per heavy atom. The van der Waals surface area contributed by atoms with E-state index in [0.29, 0.717) is 37.4 Å². The molecule has 2 unspecified atom stereocenters. The van der Waals surface area contributed by atoms with E-state index in [-0.39, 0.29) is 5.78 Å². The number of anilines is 2. The van der Waals surface area contributed by atoms with Crippen LogP contribution in [0.4, 0.5) is 11.4 Å². The van der Waals surface area contributed by atoms with Crippen molar-refractivity contribution >= 4 is 17.2 Å². The first-order valence-electron chi connectivity index (χ1n) is 10.1. The highest BCUT2D eigenvalue weighted by Crippen LogP contribution is 2.19. The number of nitrogens with zero attached hydrogens (tertiary/aromatic N) is 2. The number of benzene rings is 2. The molecule has 2 aromatic rings. The molecule has 0 spiro atoms. The van der Waals surface area contributed by atoms with Gasteiger partial charge >= 0.3 is 0 Å². The predicted molar refractivity (Wildman–Crippen MR) is 118 cm³/mol. The molecule has 0 radical (unpaired) electrons. The van der Waals surface area contributed by atoms with Crippen molar-refractivity contribution in [1.29, 1.82) is 0 Å². The summed E-state index contributed by atoms with van der Waals surface area (Å²) in [6.45, 7) is 5.24. The first-order chi connectivity index (χ1) is 14.3. The molecule has 0 bridgehead atoms. The minimum atomic E-state index is -0.854. The van der Waals surface area contributed by atoms with E-state index in [1.165, 1.54) is 0 Å². The lowest BCUT2D eigenvalue weighted by atomic mass is 10.0.